The highest BCUT2D eigenvalue weighted by Gasteiger charge is 2.27. The normalized spacial score (nSPS) is 13.1. The number of ether oxygens (including phenoxy) is 1. The minimum Gasteiger partial charge on any atom is -0.452 e. The molecule has 1 fully saturated rings. The molecule has 0 saturated carbocycles. The van der Waals surface area contributed by atoms with Gasteiger partial charge in [0, 0.05) is 25.1 Å². The van der Waals surface area contributed by atoms with Crippen LogP contribution >= 0.6 is 11.6 Å². The number of rotatable bonds is 6. The standard InChI is InChI=1S/C20H16ClN3O7/c21-15-10-12(24(29)30)7-8-13(15)19(27)22-16-5-2-1-4-14(16)20(28)31-11-18(26)23-9-3-6-17(23)25/h1-2,4-5,7-8,10H,3,6,9,11H2,(H,22,27). The minimum absolute atomic E-state index is 0.0190. The molecule has 3 amide bonds. The van der Waals surface area contributed by atoms with Crippen molar-refractivity contribution < 1.29 is 28.8 Å². The molecule has 2 aromatic rings. The first kappa shape index (κ1) is 21.9. The van der Waals surface area contributed by atoms with Gasteiger partial charge in [-0.3, -0.25) is 29.4 Å². The van der Waals surface area contributed by atoms with Crippen molar-refractivity contribution in [1.82, 2.24) is 4.90 Å². The summed E-state index contributed by atoms with van der Waals surface area (Å²) in [5.41, 5.74) is -0.226. The lowest BCUT2D eigenvalue weighted by Crippen LogP contribution is -2.35. The van der Waals surface area contributed by atoms with Gasteiger partial charge in [0.25, 0.3) is 17.5 Å². The molecule has 0 aromatic heterocycles. The number of halogens is 1. The van der Waals surface area contributed by atoms with Gasteiger partial charge in [-0.15, -0.1) is 0 Å². The van der Waals surface area contributed by atoms with Crippen LogP contribution in [-0.4, -0.2) is 46.7 Å². The van der Waals surface area contributed by atoms with Gasteiger partial charge in [0.15, 0.2) is 6.61 Å². The fraction of sp³-hybridized carbons (Fsp3) is 0.200. The number of carbonyl (C=O) groups excluding carboxylic acids is 4. The van der Waals surface area contributed by atoms with Crippen molar-refractivity contribution in [3.05, 3.63) is 68.7 Å². The lowest BCUT2D eigenvalue weighted by atomic mass is 10.1. The molecular weight excluding hydrogens is 430 g/mol. The summed E-state index contributed by atoms with van der Waals surface area (Å²) in [5, 5.41) is 13.2. The second-order valence-electron chi connectivity index (χ2n) is 6.54. The molecule has 1 aliphatic heterocycles. The molecule has 10 nitrogen and oxygen atoms in total. The third-order valence-electron chi connectivity index (χ3n) is 4.50. The number of benzene rings is 2. The Balaban J connectivity index is 1.70. The lowest BCUT2D eigenvalue weighted by Gasteiger charge is -2.14. The molecule has 160 valence electrons. The predicted molar refractivity (Wildman–Crippen MR) is 109 cm³/mol. The number of nitro benzene ring substituents is 1. The van der Waals surface area contributed by atoms with Crippen molar-refractivity contribution in [3.8, 4) is 0 Å². The Labute approximate surface area is 180 Å². The number of para-hydroxylation sites is 1. The third kappa shape index (κ3) is 5.04. The minimum atomic E-state index is -0.870. The summed E-state index contributed by atoms with van der Waals surface area (Å²) in [6.07, 6.45) is 0.846. The summed E-state index contributed by atoms with van der Waals surface area (Å²) in [4.78, 5) is 59.8. The van der Waals surface area contributed by atoms with E-state index in [9.17, 15) is 29.3 Å². The smallest absolute Gasteiger partial charge is 0.340 e. The molecule has 1 saturated heterocycles. The maximum atomic E-state index is 12.6. The maximum Gasteiger partial charge on any atom is 0.340 e. The number of anilines is 1. The zero-order chi connectivity index (χ0) is 22.5. The number of nitro groups is 1. The van der Waals surface area contributed by atoms with E-state index >= 15 is 0 Å². The molecule has 1 heterocycles. The van der Waals surface area contributed by atoms with Gasteiger partial charge in [-0.05, 0) is 24.6 Å². The van der Waals surface area contributed by atoms with E-state index in [1.807, 2.05) is 0 Å². The van der Waals surface area contributed by atoms with E-state index < -0.39 is 29.3 Å². The average molecular weight is 446 g/mol. The van der Waals surface area contributed by atoms with Crippen LogP contribution in [0.3, 0.4) is 0 Å². The van der Waals surface area contributed by atoms with Crippen LogP contribution < -0.4 is 5.32 Å². The van der Waals surface area contributed by atoms with Gasteiger partial charge in [-0.25, -0.2) is 4.79 Å². The highest BCUT2D eigenvalue weighted by molar-refractivity contribution is 6.34. The fourth-order valence-electron chi connectivity index (χ4n) is 2.96. The molecule has 11 heteroatoms. The number of non-ortho nitro benzene ring substituents is 1. The highest BCUT2D eigenvalue weighted by Crippen LogP contribution is 2.24. The highest BCUT2D eigenvalue weighted by atomic mass is 35.5. The van der Waals surface area contributed by atoms with Crippen molar-refractivity contribution in [3.63, 3.8) is 0 Å². The Morgan fingerprint density at radius 3 is 2.55 bits per heavy atom. The largest absolute Gasteiger partial charge is 0.452 e. The zero-order valence-electron chi connectivity index (χ0n) is 16.0. The number of nitrogens with zero attached hydrogens (tertiary/aromatic N) is 2. The summed E-state index contributed by atoms with van der Waals surface area (Å²) in [6, 6.07) is 9.31. The molecule has 0 aliphatic carbocycles. The number of amides is 3. The van der Waals surface area contributed by atoms with Gasteiger partial charge in [0.1, 0.15) is 0 Å². The SMILES string of the molecule is O=C(Nc1ccccc1C(=O)OCC(=O)N1CCCC1=O)c1ccc([N+](=O)[O-])cc1Cl. The fourth-order valence-corrected chi connectivity index (χ4v) is 3.22. The van der Waals surface area contributed by atoms with Gasteiger partial charge in [-0.1, -0.05) is 23.7 Å². The van der Waals surface area contributed by atoms with Gasteiger partial charge >= 0.3 is 5.97 Å². The summed E-state index contributed by atoms with van der Waals surface area (Å²) >= 11 is 5.97. The van der Waals surface area contributed by atoms with Gasteiger partial charge in [-0.2, -0.15) is 0 Å². The Hall–Kier alpha value is -3.79. The second kappa shape index (κ2) is 9.35. The van der Waals surface area contributed by atoms with Gasteiger partial charge in [0.2, 0.25) is 5.91 Å². The number of hydrogen-bond donors (Lipinski definition) is 1. The Bertz CT molecular complexity index is 1090. The molecular formula is C20H16ClN3O7. The Kier molecular flexibility index (Phi) is 6.61. The first-order valence-electron chi connectivity index (χ1n) is 9.12. The van der Waals surface area contributed by atoms with E-state index in [0.29, 0.717) is 6.42 Å². The Morgan fingerprint density at radius 2 is 1.90 bits per heavy atom. The number of nitrogens with one attached hydrogen (secondary N) is 1. The van der Waals surface area contributed by atoms with Crippen LogP contribution in [0.15, 0.2) is 42.5 Å². The number of esters is 1. The quantitative estimate of drug-likeness (QED) is 0.410. The molecule has 1 N–H and O–H groups in total. The lowest BCUT2D eigenvalue weighted by molar-refractivity contribution is -0.384. The van der Waals surface area contributed by atoms with Crippen molar-refractivity contribution in [2.75, 3.05) is 18.5 Å². The predicted octanol–water partition coefficient (Wildman–Crippen LogP) is 2.81. The molecule has 3 rings (SSSR count). The number of imide groups is 1. The second-order valence-corrected chi connectivity index (χ2v) is 6.95. The molecule has 0 radical (unpaired) electrons. The summed E-state index contributed by atoms with van der Waals surface area (Å²) < 4.78 is 5.01. The first-order valence-corrected chi connectivity index (χ1v) is 9.50. The van der Waals surface area contributed by atoms with Crippen molar-refractivity contribution in [2.45, 2.75) is 12.8 Å². The van der Waals surface area contributed by atoms with Crippen molar-refractivity contribution in [2.24, 2.45) is 0 Å². The van der Waals surface area contributed by atoms with Crippen LogP contribution in [0.2, 0.25) is 5.02 Å². The molecule has 0 spiro atoms. The van der Waals surface area contributed by atoms with Crippen molar-refractivity contribution in [1.29, 1.82) is 0 Å². The summed E-state index contributed by atoms with van der Waals surface area (Å²) in [5.74, 6) is -2.49. The molecule has 31 heavy (non-hydrogen) atoms. The van der Waals surface area contributed by atoms with Crippen LogP contribution in [0, 0.1) is 10.1 Å². The van der Waals surface area contributed by atoms with E-state index in [0.717, 1.165) is 17.0 Å². The first-order chi connectivity index (χ1) is 14.8. The number of carbonyl (C=O) groups is 4. The number of likely N-dealkylation sites (tertiary alicyclic amines) is 1. The summed E-state index contributed by atoms with van der Waals surface area (Å²) in [7, 11) is 0. The maximum absolute atomic E-state index is 12.6. The van der Waals surface area contributed by atoms with E-state index in [-0.39, 0.29) is 46.4 Å². The van der Waals surface area contributed by atoms with Crippen LogP contribution in [0.5, 0.6) is 0 Å². The average Bonchev–Trinajstić information content (AvgIpc) is 3.17. The van der Waals surface area contributed by atoms with Gasteiger partial charge < -0.3 is 10.1 Å². The third-order valence-corrected chi connectivity index (χ3v) is 4.82. The van der Waals surface area contributed by atoms with Crippen molar-refractivity contribution >= 4 is 46.7 Å². The van der Waals surface area contributed by atoms with Crippen LogP contribution in [0.25, 0.3) is 0 Å². The molecule has 2 aromatic carbocycles. The summed E-state index contributed by atoms with van der Waals surface area (Å²) in [6.45, 7) is -0.321. The topological polar surface area (TPSA) is 136 Å². The molecule has 0 bridgehead atoms. The molecule has 0 unspecified atom stereocenters. The van der Waals surface area contributed by atoms with Crippen LogP contribution in [0.1, 0.15) is 33.6 Å². The van der Waals surface area contributed by atoms with E-state index in [1.165, 1.54) is 24.3 Å². The van der Waals surface area contributed by atoms with Gasteiger partial charge in [0.05, 0.1) is 26.8 Å². The zero-order valence-corrected chi connectivity index (χ0v) is 16.8. The van der Waals surface area contributed by atoms with E-state index in [1.54, 1.807) is 6.07 Å². The monoisotopic (exact) mass is 445 g/mol. The van der Waals surface area contributed by atoms with Crippen LogP contribution in [-0.2, 0) is 14.3 Å². The van der Waals surface area contributed by atoms with E-state index in [4.69, 9.17) is 16.3 Å². The number of hydrogen-bond acceptors (Lipinski definition) is 7. The molecule has 1 aliphatic rings. The Morgan fingerprint density at radius 1 is 1.16 bits per heavy atom. The van der Waals surface area contributed by atoms with E-state index in [2.05, 4.69) is 5.32 Å². The van der Waals surface area contributed by atoms with Crippen LogP contribution in [0.4, 0.5) is 11.4 Å². The molecule has 0 atom stereocenters.